The Bertz CT molecular complexity index is 649. The smallest absolute Gasteiger partial charge is 0.341 e. The standard InChI is InChI=1S/C15H16N2O4/c1-3-20-15(19)13-8-16-17(2)14(13)10-21-12-6-4-5-11(7-12)9-18/h4-9H,3,10H2,1-2H3. The third-order valence-electron chi connectivity index (χ3n) is 2.93. The SMILES string of the molecule is CCOC(=O)c1cnn(C)c1COc1cccc(C=O)c1. The number of benzene rings is 1. The van der Waals surface area contributed by atoms with Crippen molar-refractivity contribution in [3.05, 3.63) is 47.3 Å². The van der Waals surface area contributed by atoms with E-state index >= 15 is 0 Å². The van der Waals surface area contributed by atoms with Crippen molar-refractivity contribution in [2.24, 2.45) is 7.05 Å². The van der Waals surface area contributed by atoms with Gasteiger partial charge in [-0.25, -0.2) is 4.79 Å². The first-order chi connectivity index (χ1) is 10.2. The minimum atomic E-state index is -0.425. The van der Waals surface area contributed by atoms with Crippen molar-refractivity contribution in [1.82, 2.24) is 9.78 Å². The molecule has 0 atom stereocenters. The topological polar surface area (TPSA) is 70.4 Å². The van der Waals surface area contributed by atoms with Gasteiger partial charge in [-0.05, 0) is 19.1 Å². The van der Waals surface area contributed by atoms with E-state index in [-0.39, 0.29) is 6.61 Å². The summed E-state index contributed by atoms with van der Waals surface area (Å²) in [5.41, 5.74) is 1.53. The van der Waals surface area contributed by atoms with Gasteiger partial charge in [-0.3, -0.25) is 9.48 Å². The van der Waals surface area contributed by atoms with Crippen molar-refractivity contribution in [2.45, 2.75) is 13.5 Å². The number of esters is 1. The molecule has 6 nitrogen and oxygen atoms in total. The number of aldehydes is 1. The second-order valence-electron chi connectivity index (χ2n) is 4.33. The van der Waals surface area contributed by atoms with Gasteiger partial charge in [0, 0.05) is 12.6 Å². The number of aromatic nitrogens is 2. The number of ether oxygens (including phenoxy) is 2. The van der Waals surface area contributed by atoms with Crippen molar-refractivity contribution in [3.63, 3.8) is 0 Å². The molecule has 0 aliphatic rings. The Labute approximate surface area is 122 Å². The Morgan fingerprint density at radius 1 is 1.43 bits per heavy atom. The predicted molar refractivity (Wildman–Crippen MR) is 75.3 cm³/mol. The zero-order chi connectivity index (χ0) is 15.2. The monoisotopic (exact) mass is 288 g/mol. The van der Waals surface area contributed by atoms with Gasteiger partial charge in [0.2, 0.25) is 0 Å². The molecule has 1 aromatic heterocycles. The Morgan fingerprint density at radius 2 is 2.24 bits per heavy atom. The fourth-order valence-electron chi connectivity index (χ4n) is 1.84. The van der Waals surface area contributed by atoms with Gasteiger partial charge in [0.05, 0.1) is 18.5 Å². The van der Waals surface area contributed by atoms with Crippen LogP contribution in [0.15, 0.2) is 30.5 Å². The first kappa shape index (κ1) is 14.8. The lowest BCUT2D eigenvalue weighted by Crippen LogP contribution is -2.11. The minimum absolute atomic E-state index is 0.160. The van der Waals surface area contributed by atoms with Crippen LogP contribution in [0.4, 0.5) is 0 Å². The molecule has 0 saturated carbocycles. The quantitative estimate of drug-likeness (QED) is 0.600. The normalized spacial score (nSPS) is 10.2. The molecule has 1 heterocycles. The molecule has 0 N–H and O–H groups in total. The van der Waals surface area contributed by atoms with Gasteiger partial charge >= 0.3 is 5.97 Å². The van der Waals surface area contributed by atoms with E-state index in [1.54, 1.807) is 42.9 Å². The van der Waals surface area contributed by atoms with E-state index in [1.165, 1.54) is 6.20 Å². The Hall–Kier alpha value is -2.63. The number of hydrogen-bond acceptors (Lipinski definition) is 5. The highest BCUT2D eigenvalue weighted by molar-refractivity contribution is 5.90. The van der Waals surface area contributed by atoms with E-state index in [4.69, 9.17) is 9.47 Å². The lowest BCUT2D eigenvalue weighted by Gasteiger charge is -2.09. The number of rotatable bonds is 6. The molecule has 110 valence electrons. The summed E-state index contributed by atoms with van der Waals surface area (Å²) in [6, 6.07) is 6.79. The summed E-state index contributed by atoms with van der Waals surface area (Å²) < 4.78 is 12.2. The van der Waals surface area contributed by atoms with Crippen molar-refractivity contribution in [3.8, 4) is 5.75 Å². The summed E-state index contributed by atoms with van der Waals surface area (Å²) in [6.45, 7) is 2.21. The first-order valence-corrected chi connectivity index (χ1v) is 6.51. The van der Waals surface area contributed by atoms with E-state index in [0.29, 0.717) is 29.2 Å². The average Bonchev–Trinajstić information content (AvgIpc) is 2.86. The number of aryl methyl sites for hydroxylation is 1. The van der Waals surface area contributed by atoms with E-state index in [0.717, 1.165) is 6.29 Å². The van der Waals surface area contributed by atoms with Gasteiger partial charge in [-0.1, -0.05) is 12.1 Å². The number of nitrogens with zero attached hydrogens (tertiary/aromatic N) is 2. The van der Waals surface area contributed by atoms with Crippen molar-refractivity contribution < 1.29 is 19.1 Å². The molecule has 0 aliphatic carbocycles. The highest BCUT2D eigenvalue weighted by Crippen LogP contribution is 2.16. The van der Waals surface area contributed by atoms with Gasteiger partial charge in [0.15, 0.2) is 0 Å². The Kier molecular flexibility index (Phi) is 4.71. The molecule has 0 spiro atoms. The third-order valence-corrected chi connectivity index (χ3v) is 2.93. The third kappa shape index (κ3) is 3.47. The van der Waals surface area contributed by atoms with E-state index in [9.17, 15) is 9.59 Å². The number of carbonyl (C=O) groups excluding carboxylic acids is 2. The highest BCUT2D eigenvalue weighted by Gasteiger charge is 2.17. The van der Waals surface area contributed by atoms with Gasteiger partial charge < -0.3 is 9.47 Å². The maximum atomic E-state index is 11.8. The average molecular weight is 288 g/mol. The van der Waals surface area contributed by atoms with Crippen LogP contribution in [0.2, 0.25) is 0 Å². The number of carbonyl (C=O) groups is 2. The molecule has 2 aromatic rings. The van der Waals surface area contributed by atoms with E-state index in [2.05, 4.69) is 5.10 Å². The second-order valence-corrected chi connectivity index (χ2v) is 4.33. The van der Waals surface area contributed by atoms with Crippen LogP contribution in [0.1, 0.15) is 33.3 Å². The molecule has 0 radical (unpaired) electrons. The van der Waals surface area contributed by atoms with Gasteiger partial charge in [0.25, 0.3) is 0 Å². The molecule has 0 amide bonds. The summed E-state index contributed by atoms with van der Waals surface area (Å²) in [4.78, 5) is 22.5. The molecule has 0 unspecified atom stereocenters. The Balaban J connectivity index is 2.14. The zero-order valence-electron chi connectivity index (χ0n) is 11.9. The molecule has 0 aliphatic heterocycles. The van der Waals surface area contributed by atoms with Crippen LogP contribution < -0.4 is 4.74 Å². The zero-order valence-corrected chi connectivity index (χ0v) is 11.9. The first-order valence-electron chi connectivity index (χ1n) is 6.51. The maximum absolute atomic E-state index is 11.8. The summed E-state index contributed by atoms with van der Waals surface area (Å²) in [6.07, 6.45) is 2.21. The van der Waals surface area contributed by atoms with Crippen LogP contribution in [-0.4, -0.2) is 28.6 Å². The predicted octanol–water partition coefficient (Wildman–Crippen LogP) is 1.99. The fraction of sp³-hybridized carbons (Fsp3) is 0.267. The molecule has 0 bridgehead atoms. The second kappa shape index (κ2) is 6.69. The molecular formula is C15H16N2O4. The molecule has 2 rings (SSSR count). The lowest BCUT2D eigenvalue weighted by molar-refractivity contribution is 0.0523. The van der Waals surface area contributed by atoms with E-state index in [1.807, 2.05) is 0 Å². The van der Waals surface area contributed by atoms with Crippen molar-refractivity contribution in [2.75, 3.05) is 6.61 Å². The van der Waals surface area contributed by atoms with Gasteiger partial charge in [0.1, 0.15) is 24.2 Å². The van der Waals surface area contributed by atoms with Crippen molar-refractivity contribution in [1.29, 1.82) is 0 Å². The summed E-state index contributed by atoms with van der Waals surface area (Å²) >= 11 is 0. The molecule has 6 heteroatoms. The van der Waals surface area contributed by atoms with Gasteiger partial charge in [-0.15, -0.1) is 0 Å². The van der Waals surface area contributed by atoms with Crippen LogP contribution in [0.3, 0.4) is 0 Å². The summed E-state index contributed by atoms with van der Waals surface area (Å²) in [7, 11) is 1.73. The summed E-state index contributed by atoms with van der Waals surface area (Å²) in [5.74, 6) is 0.126. The molecule has 1 aromatic carbocycles. The molecule has 0 fully saturated rings. The molecular weight excluding hydrogens is 272 g/mol. The maximum Gasteiger partial charge on any atom is 0.341 e. The largest absolute Gasteiger partial charge is 0.487 e. The minimum Gasteiger partial charge on any atom is -0.487 e. The van der Waals surface area contributed by atoms with Crippen LogP contribution in [0, 0.1) is 0 Å². The van der Waals surface area contributed by atoms with Crippen LogP contribution in [-0.2, 0) is 18.4 Å². The van der Waals surface area contributed by atoms with Crippen LogP contribution in [0.5, 0.6) is 5.75 Å². The number of hydrogen-bond donors (Lipinski definition) is 0. The highest BCUT2D eigenvalue weighted by atomic mass is 16.5. The van der Waals surface area contributed by atoms with E-state index < -0.39 is 5.97 Å². The Morgan fingerprint density at radius 3 is 2.95 bits per heavy atom. The summed E-state index contributed by atoms with van der Waals surface area (Å²) in [5, 5.41) is 4.05. The van der Waals surface area contributed by atoms with Crippen LogP contribution in [0.25, 0.3) is 0 Å². The molecule has 21 heavy (non-hydrogen) atoms. The lowest BCUT2D eigenvalue weighted by atomic mass is 10.2. The van der Waals surface area contributed by atoms with Gasteiger partial charge in [-0.2, -0.15) is 5.10 Å². The van der Waals surface area contributed by atoms with Crippen molar-refractivity contribution >= 4 is 12.3 Å². The fourth-order valence-corrected chi connectivity index (χ4v) is 1.84. The molecule has 0 saturated heterocycles. The van der Waals surface area contributed by atoms with Crippen LogP contribution >= 0.6 is 0 Å².